The Balaban J connectivity index is 2.03. The van der Waals surface area contributed by atoms with Gasteiger partial charge in [-0.05, 0) is 52.3 Å². The first-order valence-electron chi connectivity index (χ1n) is 5.85. The first-order valence-corrected chi connectivity index (χ1v) is 7.44. The van der Waals surface area contributed by atoms with Gasteiger partial charge in [-0.15, -0.1) is 0 Å². The molecule has 0 saturated carbocycles. The van der Waals surface area contributed by atoms with Crippen molar-refractivity contribution < 1.29 is 14.3 Å². The number of hydrogen-bond donors (Lipinski definition) is 0. The van der Waals surface area contributed by atoms with Gasteiger partial charge in [-0.1, -0.05) is 22.0 Å². The molecule has 0 aliphatic rings. The highest BCUT2D eigenvalue weighted by Crippen LogP contribution is 2.26. The zero-order chi connectivity index (χ0) is 14.5. The molecular weight excluding hydrogens is 388 g/mol. The lowest BCUT2D eigenvalue weighted by Crippen LogP contribution is -2.11. The van der Waals surface area contributed by atoms with Gasteiger partial charge in [-0.2, -0.15) is 0 Å². The molecule has 0 aromatic heterocycles. The fourth-order valence-corrected chi connectivity index (χ4v) is 2.55. The van der Waals surface area contributed by atoms with Crippen molar-refractivity contribution in [2.75, 3.05) is 13.7 Å². The fraction of sp³-hybridized carbons (Fsp3) is 0.133. The summed E-state index contributed by atoms with van der Waals surface area (Å²) in [7, 11) is 1.58. The van der Waals surface area contributed by atoms with Crippen LogP contribution in [0.5, 0.6) is 11.5 Å². The Kier molecular flexibility index (Phi) is 5.20. The van der Waals surface area contributed by atoms with E-state index in [0.29, 0.717) is 17.1 Å². The van der Waals surface area contributed by atoms with E-state index < -0.39 is 0 Å². The molecule has 0 atom stereocenters. The number of ether oxygens (including phenoxy) is 2. The molecular formula is C15H12Br2O3. The van der Waals surface area contributed by atoms with E-state index in [1.54, 1.807) is 25.3 Å². The molecule has 0 bridgehead atoms. The Morgan fingerprint density at radius 1 is 1.15 bits per heavy atom. The predicted octanol–water partition coefficient (Wildman–Crippen LogP) is 4.48. The van der Waals surface area contributed by atoms with E-state index in [1.165, 1.54) is 0 Å². The quantitative estimate of drug-likeness (QED) is 0.695. The molecule has 0 fully saturated rings. The van der Waals surface area contributed by atoms with E-state index in [9.17, 15) is 4.79 Å². The summed E-state index contributed by atoms with van der Waals surface area (Å²) < 4.78 is 12.3. The standard InChI is InChI=1S/C15H12Br2O3/c1-19-15-6-5-10(7-13(15)17)14(18)9-20-12-4-2-3-11(16)8-12/h2-8H,9H2,1H3. The van der Waals surface area contributed by atoms with Crippen molar-refractivity contribution in [1.82, 2.24) is 0 Å². The number of methoxy groups -OCH3 is 1. The van der Waals surface area contributed by atoms with Gasteiger partial charge in [0.15, 0.2) is 12.4 Å². The van der Waals surface area contributed by atoms with E-state index in [4.69, 9.17) is 9.47 Å². The van der Waals surface area contributed by atoms with Crippen LogP contribution in [0.4, 0.5) is 0 Å². The van der Waals surface area contributed by atoms with Crippen LogP contribution in [0.2, 0.25) is 0 Å². The largest absolute Gasteiger partial charge is 0.496 e. The Morgan fingerprint density at radius 2 is 1.95 bits per heavy atom. The lowest BCUT2D eigenvalue weighted by Gasteiger charge is -2.08. The van der Waals surface area contributed by atoms with Crippen LogP contribution < -0.4 is 9.47 Å². The minimum Gasteiger partial charge on any atom is -0.496 e. The third kappa shape index (κ3) is 3.84. The molecule has 0 unspecified atom stereocenters. The van der Waals surface area contributed by atoms with E-state index in [0.717, 1.165) is 8.95 Å². The number of Topliss-reactive ketones (excluding diaryl/α,β-unsaturated/α-hetero) is 1. The number of carbonyl (C=O) groups excluding carboxylic acids is 1. The van der Waals surface area contributed by atoms with Gasteiger partial charge in [0.25, 0.3) is 0 Å². The third-order valence-electron chi connectivity index (χ3n) is 2.64. The molecule has 2 aromatic rings. The number of rotatable bonds is 5. The Hall–Kier alpha value is -1.33. The van der Waals surface area contributed by atoms with E-state index in [2.05, 4.69) is 31.9 Å². The zero-order valence-corrected chi connectivity index (χ0v) is 13.9. The minimum atomic E-state index is -0.0895. The molecule has 0 spiro atoms. The number of ketones is 1. The van der Waals surface area contributed by atoms with Gasteiger partial charge in [0, 0.05) is 10.0 Å². The van der Waals surface area contributed by atoms with E-state index >= 15 is 0 Å². The van der Waals surface area contributed by atoms with Crippen LogP contribution in [-0.2, 0) is 0 Å². The van der Waals surface area contributed by atoms with Crippen LogP contribution in [0.15, 0.2) is 51.4 Å². The summed E-state index contributed by atoms with van der Waals surface area (Å²) in [6.45, 7) is -0.00474. The smallest absolute Gasteiger partial charge is 0.200 e. The second kappa shape index (κ2) is 6.90. The molecule has 0 aliphatic heterocycles. The molecule has 3 nitrogen and oxygen atoms in total. The van der Waals surface area contributed by atoms with Crippen molar-refractivity contribution in [3.63, 3.8) is 0 Å². The van der Waals surface area contributed by atoms with Crippen molar-refractivity contribution in [2.24, 2.45) is 0 Å². The van der Waals surface area contributed by atoms with Gasteiger partial charge in [0.1, 0.15) is 11.5 Å². The van der Waals surface area contributed by atoms with Crippen molar-refractivity contribution in [1.29, 1.82) is 0 Å². The maximum absolute atomic E-state index is 12.1. The van der Waals surface area contributed by atoms with Crippen LogP contribution in [0.3, 0.4) is 0 Å². The number of hydrogen-bond acceptors (Lipinski definition) is 3. The first kappa shape index (κ1) is 15.1. The molecule has 0 saturated heterocycles. The zero-order valence-electron chi connectivity index (χ0n) is 10.7. The van der Waals surface area contributed by atoms with Crippen molar-refractivity contribution >= 4 is 37.6 Å². The molecule has 0 radical (unpaired) electrons. The van der Waals surface area contributed by atoms with Gasteiger partial charge in [0.05, 0.1) is 11.6 Å². The summed E-state index contributed by atoms with van der Waals surface area (Å²) in [5.74, 6) is 1.25. The molecule has 2 aromatic carbocycles. The SMILES string of the molecule is COc1ccc(C(=O)COc2cccc(Br)c2)cc1Br. The van der Waals surface area contributed by atoms with Crippen LogP contribution in [0, 0.1) is 0 Å². The topological polar surface area (TPSA) is 35.5 Å². The van der Waals surface area contributed by atoms with Gasteiger partial charge in [-0.25, -0.2) is 0 Å². The van der Waals surface area contributed by atoms with Crippen LogP contribution in [-0.4, -0.2) is 19.5 Å². The average molecular weight is 400 g/mol. The summed E-state index contributed by atoms with van der Waals surface area (Å²) in [5.41, 5.74) is 0.577. The fourth-order valence-electron chi connectivity index (χ4n) is 1.63. The molecule has 0 heterocycles. The Morgan fingerprint density at radius 3 is 2.60 bits per heavy atom. The third-order valence-corrected chi connectivity index (χ3v) is 3.75. The Bertz CT molecular complexity index is 626. The summed E-state index contributed by atoms with van der Waals surface area (Å²) in [6, 6.07) is 12.6. The Labute approximate surface area is 134 Å². The van der Waals surface area contributed by atoms with Crippen molar-refractivity contribution in [3.8, 4) is 11.5 Å². The van der Waals surface area contributed by atoms with Crippen LogP contribution in [0.25, 0.3) is 0 Å². The van der Waals surface area contributed by atoms with Crippen molar-refractivity contribution in [2.45, 2.75) is 0 Å². The molecule has 0 aliphatic carbocycles. The van der Waals surface area contributed by atoms with Gasteiger partial charge in [-0.3, -0.25) is 4.79 Å². The highest BCUT2D eigenvalue weighted by Gasteiger charge is 2.10. The number of halogens is 2. The van der Waals surface area contributed by atoms with Gasteiger partial charge >= 0.3 is 0 Å². The van der Waals surface area contributed by atoms with Gasteiger partial charge in [0.2, 0.25) is 0 Å². The normalized spacial score (nSPS) is 10.2. The van der Waals surface area contributed by atoms with E-state index in [1.807, 2.05) is 24.3 Å². The average Bonchev–Trinajstić information content (AvgIpc) is 2.44. The van der Waals surface area contributed by atoms with E-state index in [-0.39, 0.29) is 12.4 Å². The monoisotopic (exact) mass is 398 g/mol. The van der Waals surface area contributed by atoms with Crippen molar-refractivity contribution in [3.05, 3.63) is 57.0 Å². The molecule has 2 rings (SSSR count). The first-order chi connectivity index (χ1) is 9.60. The van der Waals surface area contributed by atoms with Gasteiger partial charge < -0.3 is 9.47 Å². The molecule has 5 heteroatoms. The highest BCUT2D eigenvalue weighted by molar-refractivity contribution is 9.10. The summed E-state index contributed by atoms with van der Waals surface area (Å²) in [6.07, 6.45) is 0. The molecule has 0 N–H and O–H groups in total. The second-order valence-electron chi connectivity index (χ2n) is 4.02. The second-order valence-corrected chi connectivity index (χ2v) is 5.79. The minimum absolute atomic E-state index is 0.00474. The number of benzene rings is 2. The maximum atomic E-state index is 12.1. The molecule has 20 heavy (non-hydrogen) atoms. The summed E-state index contributed by atoms with van der Waals surface area (Å²) in [5, 5.41) is 0. The summed E-state index contributed by atoms with van der Waals surface area (Å²) >= 11 is 6.71. The molecule has 0 amide bonds. The lowest BCUT2D eigenvalue weighted by atomic mass is 10.1. The highest BCUT2D eigenvalue weighted by atomic mass is 79.9. The maximum Gasteiger partial charge on any atom is 0.200 e. The van der Waals surface area contributed by atoms with Crippen LogP contribution in [0.1, 0.15) is 10.4 Å². The number of carbonyl (C=O) groups is 1. The molecule has 104 valence electrons. The van der Waals surface area contributed by atoms with Crippen LogP contribution >= 0.6 is 31.9 Å². The predicted molar refractivity (Wildman–Crippen MR) is 84.7 cm³/mol. The lowest BCUT2D eigenvalue weighted by molar-refractivity contribution is 0.0921. The summed E-state index contributed by atoms with van der Waals surface area (Å²) in [4.78, 5) is 12.1.